The normalized spacial score (nSPS) is 19.8. The first kappa shape index (κ1) is 17.8. The van der Waals surface area contributed by atoms with E-state index < -0.39 is 29.0 Å². The van der Waals surface area contributed by atoms with Crippen LogP contribution < -0.4 is 0 Å². The summed E-state index contributed by atoms with van der Waals surface area (Å²) in [7, 11) is 0. The molecule has 0 aliphatic carbocycles. The van der Waals surface area contributed by atoms with Gasteiger partial charge in [-0.2, -0.15) is 0 Å². The van der Waals surface area contributed by atoms with Crippen molar-refractivity contribution in [2.45, 2.75) is 59.1 Å². The Morgan fingerprint density at radius 2 is 1.60 bits per heavy atom. The number of rotatable bonds is 7. The van der Waals surface area contributed by atoms with Crippen LogP contribution in [-0.4, -0.2) is 38.0 Å². The molecule has 2 nitrogen and oxygen atoms in total. The molecule has 120 valence electrons. The van der Waals surface area contributed by atoms with Gasteiger partial charge >= 0.3 is 0 Å². The van der Waals surface area contributed by atoms with Crippen LogP contribution in [0.5, 0.6) is 0 Å². The molecule has 1 heterocycles. The van der Waals surface area contributed by atoms with Crippen LogP contribution in [0.1, 0.15) is 47.5 Å². The third kappa shape index (κ3) is 6.44. The predicted molar refractivity (Wildman–Crippen MR) is 72.9 cm³/mol. The lowest BCUT2D eigenvalue weighted by Crippen LogP contribution is -2.49. The number of ether oxygens (including phenoxy) is 2. The number of hydrogen-bond acceptors (Lipinski definition) is 2. The van der Waals surface area contributed by atoms with Crippen LogP contribution in [0.25, 0.3) is 0 Å². The second-order valence-electron chi connectivity index (χ2n) is 8.07. The molecule has 0 saturated carbocycles. The first-order valence-corrected chi connectivity index (χ1v) is 7.05. The van der Waals surface area contributed by atoms with Crippen molar-refractivity contribution in [3.05, 3.63) is 0 Å². The summed E-state index contributed by atoms with van der Waals surface area (Å²) in [4.78, 5) is 0. The van der Waals surface area contributed by atoms with E-state index in [-0.39, 0.29) is 32.7 Å². The molecule has 1 saturated heterocycles. The summed E-state index contributed by atoms with van der Waals surface area (Å²) in [5, 5.41) is 0. The van der Waals surface area contributed by atoms with Crippen molar-refractivity contribution in [1.29, 1.82) is 0 Å². The monoisotopic (exact) mass is 296 g/mol. The number of alkyl halides is 3. The van der Waals surface area contributed by atoms with Gasteiger partial charge in [-0.05, 0) is 17.3 Å². The Morgan fingerprint density at radius 3 is 2.00 bits per heavy atom. The van der Waals surface area contributed by atoms with Crippen molar-refractivity contribution >= 4 is 0 Å². The molecule has 0 radical (unpaired) electrons. The van der Waals surface area contributed by atoms with Crippen LogP contribution in [0.2, 0.25) is 0 Å². The summed E-state index contributed by atoms with van der Waals surface area (Å²) in [6.45, 7) is 8.68. The topological polar surface area (TPSA) is 18.5 Å². The van der Waals surface area contributed by atoms with E-state index >= 15 is 0 Å². The van der Waals surface area contributed by atoms with Crippen molar-refractivity contribution in [2.24, 2.45) is 10.8 Å². The fourth-order valence-corrected chi connectivity index (χ4v) is 2.64. The largest absolute Gasteiger partial charge is 0.375 e. The Hall–Kier alpha value is -0.290. The van der Waals surface area contributed by atoms with Gasteiger partial charge in [0.25, 0.3) is 5.92 Å². The van der Waals surface area contributed by atoms with Gasteiger partial charge in [-0.1, -0.05) is 34.6 Å². The van der Waals surface area contributed by atoms with Crippen molar-refractivity contribution in [3.63, 3.8) is 0 Å². The van der Waals surface area contributed by atoms with Crippen molar-refractivity contribution < 1.29 is 22.6 Å². The van der Waals surface area contributed by atoms with Crippen molar-refractivity contribution in [3.8, 4) is 0 Å². The van der Waals surface area contributed by atoms with Gasteiger partial charge < -0.3 is 9.47 Å². The SMILES string of the molecule is CC(C)(C)CC(F)(F)COCC(C)(C)CC1(F)COC1. The Kier molecular flexibility index (Phi) is 5.18. The Morgan fingerprint density at radius 1 is 1.05 bits per heavy atom. The van der Waals surface area contributed by atoms with E-state index in [1.54, 1.807) is 20.8 Å². The second kappa shape index (κ2) is 5.84. The van der Waals surface area contributed by atoms with E-state index in [0.717, 1.165) is 0 Å². The molecule has 1 fully saturated rings. The molecule has 0 aromatic carbocycles. The average Bonchev–Trinajstić information content (AvgIpc) is 2.09. The molecule has 0 N–H and O–H groups in total. The zero-order valence-electron chi connectivity index (χ0n) is 13.2. The first-order chi connectivity index (χ1) is 8.83. The average molecular weight is 296 g/mol. The van der Waals surface area contributed by atoms with Crippen LogP contribution >= 0.6 is 0 Å². The molecule has 0 unspecified atom stereocenters. The van der Waals surface area contributed by atoms with Crippen LogP contribution in [0, 0.1) is 10.8 Å². The summed E-state index contributed by atoms with van der Waals surface area (Å²) >= 11 is 0. The van der Waals surface area contributed by atoms with Gasteiger partial charge in [-0.3, -0.25) is 0 Å². The van der Waals surface area contributed by atoms with Crippen LogP contribution in [-0.2, 0) is 9.47 Å². The van der Waals surface area contributed by atoms with Crippen molar-refractivity contribution in [2.75, 3.05) is 26.4 Å². The molecule has 0 aromatic heterocycles. The van der Waals surface area contributed by atoms with E-state index in [1.807, 2.05) is 13.8 Å². The fraction of sp³-hybridized carbons (Fsp3) is 1.00. The number of hydrogen-bond donors (Lipinski definition) is 0. The summed E-state index contributed by atoms with van der Waals surface area (Å²) in [5.41, 5.74) is -2.24. The molecular formula is C15H27F3O2. The maximum absolute atomic E-state index is 14.0. The van der Waals surface area contributed by atoms with Crippen LogP contribution in [0.4, 0.5) is 13.2 Å². The van der Waals surface area contributed by atoms with Gasteiger partial charge in [0.15, 0.2) is 5.67 Å². The fourth-order valence-electron chi connectivity index (χ4n) is 2.64. The molecule has 0 bridgehead atoms. The molecule has 1 aliphatic heterocycles. The zero-order chi connectivity index (χ0) is 15.7. The minimum atomic E-state index is -2.85. The van der Waals surface area contributed by atoms with E-state index in [1.165, 1.54) is 0 Å². The highest BCUT2D eigenvalue weighted by atomic mass is 19.3. The molecular weight excluding hydrogens is 269 g/mol. The van der Waals surface area contributed by atoms with E-state index in [4.69, 9.17) is 9.47 Å². The third-order valence-corrected chi connectivity index (χ3v) is 3.11. The summed E-state index contributed by atoms with van der Waals surface area (Å²) in [6.07, 6.45) is 0.0478. The van der Waals surface area contributed by atoms with Gasteiger partial charge in [0.2, 0.25) is 0 Å². The lowest BCUT2D eigenvalue weighted by Gasteiger charge is -2.39. The standard InChI is InChI=1S/C15H27F3O2/c1-12(2,3)6-15(17,18)11-19-8-13(4,5)7-14(16)9-20-10-14/h6-11H2,1-5H3. The third-order valence-electron chi connectivity index (χ3n) is 3.11. The Labute approximate surface area is 120 Å². The second-order valence-corrected chi connectivity index (χ2v) is 8.07. The predicted octanol–water partition coefficient (Wildman–Crippen LogP) is 4.23. The molecule has 20 heavy (non-hydrogen) atoms. The maximum atomic E-state index is 14.0. The van der Waals surface area contributed by atoms with Crippen LogP contribution in [0.15, 0.2) is 0 Å². The van der Waals surface area contributed by atoms with Gasteiger partial charge in [0.1, 0.15) is 6.61 Å². The maximum Gasteiger partial charge on any atom is 0.271 e. The molecule has 0 atom stereocenters. The molecule has 1 rings (SSSR count). The Balaban J connectivity index is 2.35. The zero-order valence-corrected chi connectivity index (χ0v) is 13.2. The summed E-state index contributed by atoms with van der Waals surface area (Å²) in [5.74, 6) is -2.85. The summed E-state index contributed by atoms with van der Waals surface area (Å²) in [6, 6.07) is 0. The van der Waals surface area contributed by atoms with Crippen LogP contribution in [0.3, 0.4) is 0 Å². The summed E-state index contributed by atoms with van der Waals surface area (Å²) < 4.78 is 51.4. The quantitative estimate of drug-likeness (QED) is 0.700. The molecule has 0 spiro atoms. The highest BCUT2D eigenvalue weighted by Crippen LogP contribution is 2.37. The smallest absolute Gasteiger partial charge is 0.271 e. The lowest BCUT2D eigenvalue weighted by molar-refractivity contribution is -0.158. The molecule has 1 aliphatic rings. The lowest BCUT2D eigenvalue weighted by atomic mass is 9.81. The van der Waals surface area contributed by atoms with E-state index in [0.29, 0.717) is 0 Å². The Bertz CT molecular complexity index is 318. The highest BCUT2D eigenvalue weighted by molar-refractivity contribution is 4.91. The minimum Gasteiger partial charge on any atom is -0.375 e. The van der Waals surface area contributed by atoms with Gasteiger partial charge in [0, 0.05) is 6.42 Å². The van der Waals surface area contributed by atoms with Gasteiger partial charge in [-0.25, -0.2) is 13.2 Å². The first-order valence-electron chi connectivity index (χ1n) is 7.05. The number of halogens is 3. The van der Waals surface area contributed by atoms with E-state index in [2.05, 4.69) is 0 Å². The highest BCUT2D eigenvalue weighted by Gasteiger charge is 2.43. The van der Waals surface area contributed by atoms with Crippen molar-refractivity contribution in [1.82, 2.24) is 0 Å². The molecule has 0 aromatic rings. The molecule has 5 heteroatoms. The minimum absolute atomic E-state index is 0.0939. The van der Waals surface area contributed by atoms with Gasteiger partial charge in [-0.15, -0.1) is 0 Å². The van der Waals surface area contributed by atoms with E-state index in [9.17, 15) is 13.2 Å². The van der Waals surface area contributed by atoms with Gasteiger partial charge in [0.05, 0.1) is 19.8 Å². The molecule has 0 amide bonds.